The van der Waals surface area contributed by atoms with Gasteiger partial charge in [-0.1, -0.05) is 12.1 Å². The zero-order valence-corrected chi connectivity index (χ0v) is 14.0. The average Bonchev–Trinajstić information content (AvgIpc) is 2.48. The summed E-state index contributed by atoms with van der Waals surface area (Å²) in [6.07, 6.45) is -1.73. The molecule has 0 aliphatic carbocycles. The number of hydrogen-bond donors (Lipinski definition) is 1. The predicted molar refractivity (Wildman–Crippen MR) is 80.4 cm³/mol. The topological polar surface area (TPSA) is 139 Å². The van der Waals surface area contributed by atoms with Crippen LogP contribution in [0.4, 0.5) is 4.79 Å². The van der Waals surface area contributed by atoms with Crippen molar-refractivity contribution in [1.29, 1.82) is 0 Å². The van der Waals surface area contributed by atoms with Crippen LogP contribution in [0.2, 0.25) is 0 Å². The lowest BCUT2D eigenvalue weighted by molar-refractivity contribution is -0.127. The second-order valence-electron chi connectivity index (χ2n) is 4.77. The summed E-state index contributed by atoms with van der Waals surface area (Å²) < 4.78 is 53.0. The van der Waals surface area contributed by atoms with Gasteiger partial charge in [0.05, 0.1) is 0 Å². The molecule has 1 atom stereocenters. The molecule has 1 heterocycles. The third-order valence-corrected chi connectivity index (χ3v) is 4.56. The number of ether oxygens (including phenoxy) is 1. The Morgan fingerprint density at radius 2 is 2.04 bits per heavy atom. The average molecular weight is 375 g/mol. The van der Waals surface area contributed by atoms with Crippen LogP contribution < -0.4 is 10.1 Å². The number of sulfone groups is 1. The van der Waals surface area contributed by atoms with Crippen molar-refractivity contribution in [3.05, 3.63) is 24.3 Å². The van der Waals surface area contributed by atoms with Gasteiger partial charge in [-0.05, 0) is 12.1 Å². The summed E-state index contributed by atoms with van der Waals surface area (Å²) in [5.74, 6) is -1.00. The molecule has 0 saturated carbocycles. The Morgan fingerprint density at radius 3 is 2.67 bits per heavy atom. The summed E-state index contributed by atoms with van der Waals surface area (Å²) in [6, 6.07) is 5.46. The van der Waals surface area contributed by atoms with Crippen LogP contribution in [0.1, 0.15) is 0 Å². The van der Waals surface area contributed by atoms with Crippen molar-refractivity contribution in [2.75, 3.05) is 19.3 Å². The van der Waals surface area contributed by atoms with Gasteiger partial charge in [0.25, 0.3) is 5.91 Å². The Morgan fingerprint density at radius 1 is 1.38 bits per heavy atom. The molecule has 1 aromatic carbocycles. The van der Waals surface area contributed by atoms with Gasteiger partial charge in [-0.3, -0.25) is 9.69 Å². The second-order valence-corrected chi connectivity index (χ2v) is 7.40. The number of carbonyl (C=O) groups is 2. The Labute approximate surface area is 139 Å². The first-order valence-electron chi connectivity index (χ1n) is 6.55. The lowest BCUT2D eigenvalue weighted by Gasteiger charge is -2.30. The highest BCUT2D eigenvalue weighted by Crippen LogP contribution is 2.24. The standard InChI is InChI=1S/C12H13N3O7S2/c1-24(20,21)9-5-3-2-4-8(9)22-12(17)15-7-6-13-11(16)10(15)14-23(18)19/h2-5,10H,6-7H2,1H3,(H,13,16). The molecule has 1 aliphatic rings. The maximum Gasteiger partial charge on any atom is 0.417 e. The number of para-hydroxylation sites is 1. The van der Waals surface area contributed by atoms with E-state index in [4.69, 9.17) is 4.74 Å². The van der Waals surface area contributed by atoms with Crippen LogP contribution in [-0.4, -0.2) is 59.2 Å². The van der Waals surface area contributed by atoms with Gasteiger partial charge in [0.15, 0.2) is 15.6 Å². The molecule has 0 bridgehead atoms. The van der Waals surface area contributed by atoms with E-state index in [9.17, 15) is 26.4 Å². The molecule has 1 fully saturated rings. The lowest BCUT2D eigenvalue weighted by Crippen LogP contribution is -2.57. The summed E-state index contributed by atoms with van der Waals surface area (Å²) in [5.41, 5.74) is 0. The van der Waals surface area contributed by atoms with Crippen LogP contribution in [0, 0.1) is 0 Å². The minimum absolute atomic E-state index is 0.0447. The van der Waals surface area contributed by atoms with Gasteiger partial charge >= 0.3 is 16.6 Å². The van der Waals surface area contributed by atoms with Crippen molar-refractivity contribution < 1.29 is 31.2 Å². The number of benzene rings is 1. The van der Waals surface area contributed by atoms with Crippen LogP contribution in [-0.2, 0) is 25.1 Å². The highest BCUT2D eigenvalue weighted by Gasteiger charge is 2.35. The molecule has 1 aliphatic heterocycles. The molecule has 1 aromatic rings. The first-order chi connectivity index (χ1) is 11.2. The van der Waals surface area contributed by atoms with Gasteiger partial charge < -0.3 is 10.1 Å². The molecule has 1 N–H and O–H groups in total. The fraction of sp³-hybridized carbons (Fsp3) is 0.333. The molecule has 0 radical (unpaired) electrons. The minimum Gasteiger partial charge on any atom is -0.409 e. The minimum atomic E-state index is -3.65. The Hall–Kier alpha value is -2.47. The molecular formula is C12H13N3O7S2. The van der Waals surface area contributed by atoms with Crippen LogP contribution in [0.3, 0.4) is 0 Å². The van der Waals surface area contributed by atoms with E-state index in [0.717, 1.165) is 11.2 Å². The van der Waals surface area contributed by atoms with Crippen LogP contribution >= 0.6 is 0 Å². The van der Waals surface area contributed by atoms with Crippen LogP contribution in [0.5, 0.6) is 5.75 Å². The van der Waals surface area contributed by atoms with E-state index < -0.39 is 38.5 Å². The number of rotatable bonds is 3. The zero-order chi connectivity index (χ0) is 17.9. The van der Waals surface area contributed by atoms with Crippen molar-refractivity contribution >= 4 is 32.3 Å². The summed E-state index contributed by atoms with van der Waals surface area (Å²) in [4.78, 5) is 24.5. The van der Waals surface area contributed by atoms with Gasteiger partial charge in [0.2, 0.25) is 6.17 Å². The van der Waals surface area contributed by atoms with Crippen molar-refractivity contribution in [3.8, 4) is 5.75 Å². The Balaban J connectivity index is 2.32. The predicted octanol–water partition coefficient (Wildman–Crippen LogP) is -0.591. The summed E-state index contributed by atoms with van der Waals surface area (Å²) in [5, 5.41) is 2.37. The summed E-state index contributed by atoms with van der Waals surface area (Å²) >= 11 is 0. The second kappa shape index (κ2) is 6.97. The van der Waals surface area contributed by atoms with E-state index in [1.165, 1.54) is 24.3 Å². The fourth-order valence-electron chi connectivity index (χ4n) is 2.03. The Kier molecular flexibility index (Phi) is 5.19. The molecule has 1 saturated heterocycles. The molecule has 1 unspecified atom stereocenters. The summed E-state index contributed by atoms with van der Waals surface area (Å²) in [6.45, 7) is 0.0378. The highest BCUT2D eigenvalue weighted by molar-refractivity contribution is 7.90. The molecule has 24 heavy (non-hydrogen) atoms. The van der Waals surface area contributed by atoms with E-state index in [0.29, 0.717) is 0 Å². The van der Waals surface area contributed by atoms with Crippen molar-refractivity contribution in [3.63, 3.8) is 0 Å². The van der Waals surface area contributed by atoms with E-state index in [1.807, 2.05) is 0 Å². The quantitative estimate of drug-likeness (QED) is 0.745. The largest absolute Gasteiger partial charge is 0.417 e. The van der Waals surface area contributed by atoms with Crippen molar-refractivity contribution in [2.24, 2.45) is 4.36 Å². The molecule has 2 amide bonds. The molecule has 0 spiro atoms. The molecule has 12 heteroatoms. The number of amides is 2. The third-order valence-electron chi connectivity index (χ3n) is 3.05. The van der Waals surface area contributed by atoms with E-state index in [1.54, 1.807) is 0 Å². The van der Waals surface area contributed by atoms with Gasteiger partial charge in [-0.2, -0.15) is 8.42 Å². The van der Waals surface area contributed by atoms with Crippen LogP contribution in [0.15, 0.2) is 33.5 Å². The number of nitrogens with one attached hydrogen (secondary N) is 1. The maximum atomic E-state index is 12.3. The normalized spacial score (nSPS) is 17.8. The summed E-state index contributed by atoms with van der Waals surface area (Å²) in [7, 11) is -6.57. The van der Waals surface area contributed by atoms with Gasteiger partial charge in [-0.15, -0.1) is 4.36 Å². The smallest absolute Gasteiger partial charge is 0.409 e. The Bertz CT molecular complexity index is 900. The number of nitrogens with zero attached hydrogens (tertiary/aromatic N) is 2. The molecule has 2 rings (SSSR count). The molecule has 10 nitrogen and oxygen atoms in total. The fourth-order valence-corrected chi connectivity index (χ4v) is 3.20. The number of piperazine rings is 1. The molecule has 130 valence electrons. The lowest BCUT2D eigenvalue weighted by atomic mass is 10.3. The molecule has 0 aromatic heterocycles. The number of hydrogen-bond acceptors (Lipinski definition) is 8. The van der Waals surface area contributed by atoms with Gasteiger partial charge in [0, 0.05) is 19.3 Å². The van der Waals surface area contributed by atoms with E-state index >= 15 is 0 Å². The third kappa shape index (κ3) is 4.08. The molecular weight excluding hydrogens is 362 g/mol. The van der Waals surface area contributed by atoms with Crippen LogP contribution in [0.25, 0.3) is 0 Å². The first kappa shape index (κ1) is 17.9. The maximum absolute atomic E-state index is 12.3. The zero-order valence-electron chi connectivity index (χ0n) is 12.4. The van der Waals surface area contributed by atoms with Gasteiger partial charge in [-0.25, -0.2) is 13.2 Å². The number of carbonyl (C=O) groups excluding carboxylic acids is 2. The van der Waals surface area contributed by atoms with E-state index in [2.05, 4.69) is 9.68 Å². The van der Waals surface area contributed by atoms with E-state index in [-0.39, 0.29) is 23.7 Å². The monoisotopic (exact) mass is 375 g/mol. The first-order valence-corrected chi connectivity index (χ1v) is 9.48. The highest BCUT2D eigenvalue weighted by atomic mass is 32.2. The SMILES string of the molecule is CS(=O)(=O)c1ccccc1OC(=O)N1CCNC(=O)C1N=S(=O)=O. The van der Waals surface area contributed by atoms with Crippen molar-refractivity contribution in [2.45, 2.75) is 11.1 Å². The van der Waals surface area contributed by atoms with Crippen molar-refractivity contribution in [1.82, 2.24) is 10.2 Å². The van der Waals surface area contributed by atoms with Gasteiger partial charge in [0.1, 0.15) is 4.90 Å².